The van der Waals surface area contributed by atoms with Crippen LogP contribution in [-0.2, 0) is 0 Å². The fourth-order valence-corrected chi connectivity index (χ4v) is 1.09. The fraction of sp³-hybridized carbons (Fsp3) is 0.167. The maximum absolute atomic E-state index is 10.8. The van der Waals surface area contributed by atoms with E-state index in [2.05, 4.69) is 15.3 Å². The van der Waals surface area contributed by atoms with Crippen LogP contribution in [0.25, 0.3) is 0 Å². The van der Waals surface area contributed by atoms with Gasteiger partial charge in [0.2, 0.25) is 0 Å². The van der Waals surface area contributed by atoms with Crippen LogP contribution in [0.1, 0.15) is 0 Å². The molecule has 0 saturated carbocycles. The molecule has 12 heavy (non-hydrogen) atoms. The molecule has 2 amide bonds. The Labute approximate surface area is 68.4 Å². The molecule has 62 valence electrons. The predicted molar refractivity (Wildman–Crippen MR) is 42.6 cm³/mol. The zero-order chi connectivity index (χ0) is 8.55. The van der Waals surface area contributed by atoms with Crippen LogP contribution in [0.2, 0.25) is 0 Å². The Morgan fingerprint density at radius 2 is 2.58 bits per heavy atom. The number of carbonyl (C=O) groups is 1. The maximum atomic E-state index is 10.8. The van der Waals surface area contributed by atoms with E-state index >= 15 is 0 Å². The summed E-state index contributed by atoms with van der Waals surface area (Å²) in [6, 6.07) is -0.504. The molecule has 2 rings (SSSR count). The van der Waals surface area contributed by atoms with E-state index < -0.39 is 6.03 Å². The molecule has 0 radical (unpaired) electrons. The van der Waals surface area contributed by atoms with Crippen LogP contribution in [0, 0.1) is 0 Å². The van der Waals surface area contributed by atoms with Gasteiger partial charge in [0.05, 0.1) is 12.9 Å². The highest BCUT2D eigenvalue weighted by Crippen LogP contribution is 2.26. The highest BCUT2D eigenvalue weighted by molar-refractivity contribution is 5.95. The average molecular weight is 165 g/mol. The first-order valence-corrected chi connectivity index (χ1v) is 3.40. The van der Waals surface area contributed by atoms with E-state index in [0.717, 1.165) is 0 Å². The molecule has 2 heterocycles. The van der Waals surface area contributed by atoms with Crippen molar-refractivity contribution in [2.24, 2.45) is 5.73 Å². The van der Waals surface area contributed by atoms with Crippen LogP contribution in [0.15, 0.2) is 12.5 Å². The molecular weight excluding hydrogens is 158 g/mol. The maximum Gasteiger partial charge on any atom is 0.320 e. The molecule has 0 bridgehead atoms. The third-order valence-electron chi connectivity index (χ3n) is 1.65. The number of anilines is 2. The summed E-state index contributed by atoms with van der Waals surface area (Å²) in [5.74, 6) is 0.642. The molecule has 0 atom stereocenters. The third kappa shape index (κ3) is 0.849. The molecule has 1 aromatic heterocycles. The van der Waals surface area contributed by atoms with Crippen molar-refractivity contribution >= 4 is 17.5 Å². The Morgan fingerprint density at radius 1 is 1.75 bits per heavy atom. The van der Waals surface area contributed by atoms with Crippen LogP contribution >= 0.6 is 0 Å². The number of hydrogen-bond acceptors (Lipinski definition) is 4. The Balaban J connectivity index is 2.42. The molecule has 1 aliphatic rings. The summed E-state index contributed by atoms with van der Waals surface area (Å²) in [6.45, 7) is 0.364. The summed E-state index contributed by atoms with van der Waals surface area (Å²) in [6.07, 6.45) is 2.96. The molecule has 6 heteroatoms. The summed E-state index contributed by atoms with van der Waals surface area (Å²) in [5.41, 5.74) is 5.73. The molecule has 0 unspecified atom stereocenters. The largest absolute Gasteiger partial charge is 0.351 e. The molecule has 3 N–H and O–H groups in total. The lowest BCUT2D eigenvalue weighted by Gasteiger charge is -2.10. The molecule has 0 aromatic carbocycles. The van der Waals surface area contributed by atoms with Gasteiger partial charge in [0.15, 0.2) is 5.82 Å². The summed E-state index contributed by atoms with van der Waals surface area (Å²) in [7, 11) is 0. The number of nitrogens with one attached hydrogen (secondary N) is 1. The van der Waals surface area contributed by atoms with Crippen molar-refractivity contribution in [3.63, 3.8) is 0 Å². The average Bonchev–Trinajstić information content (AvgIpc) is 2.47. The van der Waals surface area contributed by atoms with Gasteiger partial charge in [-0.15, -0.1) is 0 Å². The number of nitrogens with zero attached hydrogens (tertiary/aromatic N) is 3. The highest BCUT2D eigenvalue weighted by Gasteiger charge is 2.22. The molecule has 0 spiro atoms. The second-order valence-corrected chi connectivity index (χ2v) is 2.36. The van der Waals surface area contributed by atoms with Gasteiger partial charge in [-0.1, -0.05) is 0 Å². The number of fused-ring (bicyclic) bond motifs is 1. The number of aromatic nitrogens is 2. The minimum absolute atomic E-state index is 0.364. The van der Waals surface area contributed by atoms with Gasteiger partial charge in [-0.25, -0.2) is 14.8 Å². The van der Waals surface area contributed by atoms with Crippen LogP contribution in [-0.4, -0.2) is 22.7 Å². The smallest absolute Gasteiger partial charge is 0.320 e. The second kappa shape index (κ2) is 2.33. The Bertz CT molecular complexity index is 325. The van der Waals surface area contributed by atoms with E-state index in [0.29, 0.717) is 18.2 Å². The first-order chi connectivity index (χ1) is 5.79. The van der Waals surface area contributed by atoms with Gasteiger partial charge in [0.1, 0.15) is 12.0 Å². The molecule has 0 fully saturated rings. The summed E-state index contributed by atoms with van der Waals surface area (Å²) in [4.78, 5) is 19.9. The van der Waals surface area contributed by atoms with Gasteiger partial charge in [-0.2, -0.15) is 0 Å². The fourth-order valence-electron chi connectivity index (χ4n) is 1.09. The van der Waals surface area contributed by atoms with E-state index in [1.54, 1.807) is 6.20 Å². The van der Waals surface area contributed by atoms with E-state index in [1.807, 2.05) is 0 Å². The summed E-state index contributed by atoms with van der Waals surface area (Å²) < 4.78 is 0. The van der Waals surface area contributed by atoms with Gasteiger partial charge in [0, 0.05) is 0 Å². The molecule has 0 aliphatic carbocycles. The van der Waals surface area contributed by atoms with E-state index in [4.69, 9.17) is 5.73 Å². The van der Waals surface area contributed by atoms with Gasteiger partial charge in [-0.3, -0.25) is 4.90 Å². The molecule has 1 aliphatic heterocycles. The first-order valence-electron chi connectivity index (χ1n) is 3.40. The van der Waals surface area contributed by atoms with Crippen LogP contribution in [0.4, 0.5) is 16.3 Å². The third-order valence-corrected chi connectivity index (χ3v) is 1.65. The quantitative estimate of drug-likeness (QED) is 0.555. The van der Waals surface area contributed by atoms with Crippen molar-refractivity contribution in [1.29, 1.82) is 0 Å². The zero-order valence-electron chi connectivity index (χ0n) is 6.19. The number of rotatable bonds is 0. The number of hydrogen-bond donors (Lipinski definition) is 2. The van der Waals surface area contributed by atoms with Crippen molar-refractivity contribution in [2.45, 2.75) is 0 Å². The van der Waals surface area contributed by atoms with Gasteiger partial charge >= 0.3 is 6.03 Å². The number of amides is 2. The highest BCUT2D eigenvalue weighted by atomic mass is 16.2. The monoisotopic (exact) mass is 165 g/mol. The number of nitrogens with two attached hydrogens (primary N) is 1. The topological polar surface area (TPSA) is 84.1 Å². The van der Waals surface area contributed by atoms with E-state index in [-0.39, 0.29) is 0 Å². The first kappa shape index (κ1) is 6.84. The van der Waals surface area contributed by atoms with Crippen molar-refractivity contribution in [3.8, 4) is 0 Å². The van der Waals surface area contributed by atoms with Crippen LogP contribution in [0.3, 0.4) is 0 Å². The Kier molecular flexibility index (Phi) is 1.33. The second-order valence-electron chi connectivity index (χ2n) is 2.36. The lowest BCUT2D eigenvalue weighted by Crippen LogP contribution is -2.35. The molecular formula is C6H7N5O. The number of carbonyl (C=O) groups excluding carboxylic acids is 1. The predicted octanol–water partition coefficient (Wildman–Crippen LogP) is -0.255. The van der Waals surface area contributed by atoms with Crippen molar-refractivity contribution in [1.82, 2.24) is 9.97 Å². The number of urea groups is 1. The van der Waals surface area contributed by atoms with Gasteiger partial charge in [0.25, 0.3) is 0 Å². The van der Waals surface area contributed by atoms with Crippen LogP contribution < -0.4 is 16.0 Å². The van der Waals surface area contributed by atoms with Crippen molar-refractivity contribution < 1.29 is 4.79 Å². The van der Waals surface area contributed by atoms with Crippen LogP contribution in [0.5, 0.6) is 0 Å². The summed E-state index contributed by atoms with van der Waals surface area (Å²) >= 11 is 0. The van der Waals surface area contributed by atoms with E-state index in [1.165, 1.54) is 11.2 Å². The standard InChI is InChI=1S/C6H7N5O/c7-6(12)11-3-10-5-4(11)1-8-2-9-5/h1-2H,3H2,(H2,7,12)(H,8,9,10). The summed E-state index contributed by atoms with van der Waals surface area (Å²) in [5, 5.41) is 2.91. The Morgan fingerprint density at radius 3 is 3.33 bits per heavy atom. The number of primary amides is 1. The minimum Gasteiger partial charge on any atom is -0.351 e. The molecule has 1 aromatic rings. The minimum atomic E-state index is -0.504. The zero-order valence-corrected chi connectivity index (χ0v) is 6.19. The SMILES string of the molecule is NC(=O)N1CNc2ncncc21. The Hall–Kier alpha value is -1.85. The van der Waals surface area contributed by atoms with Crippen molar-refractivity contribution in [3.05, 3.63) is 12.5 Å². The lowest BCUT2D eigenvalue weighted by molar-refractivity contribution is 0.254. The molecule has 0 saturated heterocycles. The lowest BCUT2D eigenvalue weighted by atomic mass is 10.5. The molecule has 6 nitrogen and oxygen atoms in total. The van der Waals surface area contributed by atoms with Gasteiger partial charge < -0.3 is 11.1 Å². The van der Waals surface area contributed by atoms with Crippen molar-refractivity contribution in [2.75, 3.05) is 16.9 Å². The normalized spacial score (nSPS) is 13.8. The van der Waals surface area contributed by atoms with Gasteiger partial charge in [-0.05, 0) is 0 Å². The van der Waals surface area contributed by atoms with E-state index in [9.17, 15) is 4.79 Å².